The molecule has 1 heterocycles. The van der Waals surface area contributed by atoms with E-state index in [-0.39, 0.29) is 18.6 Å². The van der Waals surface area contributed by atoms with Crippen LogP contribution in [-0.4, -0.2) is 25.6 Å². The van der Waals surface area contributed by atoms with Crippen LogP contribution in [0.25, 0.3) is 0 Å². The average molecular weight is 421 g/mol. The van der Waals surface area contributed by atoms with Gasteiger partial charge in [-0.05, 0) is 61.6 Å². The number of carbonyl (C=O) groups excluding carboxylic acids is 1. The minimum absolute atomic E-state index is 0.102. The van der Waals surface area contributed by atoms with Gasteiger partial charge in [0.05, 0.1) is 11.1 Å². The number of amides is 1. The van der Waals surface area contributed by atoms with Gasteiger partial charge in [0, 0.05) is 23.8 Å². The van der Waals surface area contributed by atoms with Gasteiger partial charge in [0.15, 0.2) is 6.61 Å². The Hall–Kier alpha value is -1.91. The topological polar surface area (TPSA) is 41.6 Å². The lowest BCUT2D eigenvalue weighted by atomic mass is 9.99. The van der Waals surface area contributed by atoms with Crippen molar-refractivity contribution >= 4 is 34.8 Å². The van der Waals surface area contributed by atoms with Crippen molar-refractivity contribution in [1.82, 2.24) is 5.32 Å². The number of anilines is 1. The van der Waals surface area contributed by atoms with Crippen LogP contribution in [-0.2, 0) is 4.79 Å². The normalized spacial score (nSPS) is 17.9. The van der Waals surface area contributed by atoms with Crippen LogP contribution in [0.2, 0.25) is 10.0 Å². The first kappa shape index (κ1) is 20.8. The Kier molecular flexibility index (Phi) is 7.08. The van der Waals surface area contributed by atoms with E-state index in [1.807, 2.05) is 6.92 Å². The minimum atomic E-state index is -0.201. The number of benzene rings is 2. The zero-order chi connectivity index (χ0) is 20.1. The lowest BCUT2D eigenvalue weighted by Gasteiger charge is -2.33. The van der Waals surface area contributed by atoms with Crippen LogP contribution < -0.4 is 15.0 Å². The van der Waals surface area contributed by atoms with Crippen molar-refractivity contribution in [3.05, 3.63) is 58.1 Å². The van der Waals surface area contributed by atoms with Crippen molar-refractivity contribution in [2.45, 2.75) is 32.7 Å². The fourth-order valence-electron chi connectivity index (χ4n) is 3.50. The molecule has 2 aromatic rings. The molecule has 4 nitrogen and oxygen atoms in total. The SMILES string of the molecule is C[C@@H]1CCCN(c2ccc([C@@H](C)NC(=O)COc3ccc(Cl)cc3Cl)cc2)C1. The number of nitrogens with one attached hydrogen (secondary N) is 1. The molecule has 28 heavy (non-hydrogen) atoms. The van der Waals surface area contributed by atoms with Crippen LogP contribution >= 0.6 is 23.2 Å². The van der Waals surface area contributed by atoms with Crippen molar-refractivity contribution in [2.75, 3.05) is 24.6 Å². The standard InChI is InChI=1S/C22H26Cl2N2O2/c1-15-4-3-11-26(13-15)19-8-5-17(6-9-19)16(2)25-22(27)14-28-21-10-7-18(23)12-20(21)24/h5-10,12,15-16H,3-4,11,13-14H2,1-2H3,(H,25,27)/t15-,16-/m1/s1. The molecule has 150 valence electrons. The van der Waals surface area contributed by atoms with E-state index in [0.29, 0.717) is 15.8 Å². The highest BCUT2D eigenvalue weighted by atomic mass is 35.5. The number of nitrogens with zero attached hydrogens (tertiary/aromatic N) is 1. The van der Waals surface area contributed by atoms with Gasteiger partial charge in [-0.25, -0.2) is 0 Å². The molecule has 0 unspecified atom stereocenters. The zero-order valence-corrected chi connectivity index (χ0v) is 17.8. The molecule has 1 amide bonds. The number of carbonyl (C=O) groups is 1. The summed E-state index contributed by atoms with van der Waals surface area (Å²) in [6.45, 7) is 6.38. The Balaban J connectivity index is 1.52. The fraction of sp³-hybridized carbons (Fsp3) is 0.409. The molecule has 1 N–H and O–H groups in total. The van der Waals surface area contributed by atoms with Gasteiger partial charge in [-0.15, -0.1) is 0 Å². The number of hydrogen-bond acceptors (Lipinski definition) is 3. The fourth-order valence-corrected chi connectivity index (χ4v) is 3.96. The average Bonchev–Trinajstić information content (AvgIpc) is 2.67. The molecule has 0 spiro atoms. The van der Waals surface area contributed by atoms with E-state index in [0.717, 1.165) is 24.6 Å². The van der Waals surface area contributed by atoms with E-state index in [1.54, 1.807) is 18.2 Å². The summed E-state index contributed by atoms with van der Waals surface area (Å²) in [7, 11) is 0. The van der Waals surface area contributed by atoms with E-state index < -0.39 is 0 Å². The molecule has 1 fully saturated rings. The predicted octanol–water partition coefficient (Wildman–Crippen LogP) is 5.49. The second-order valence-corrected chi connectivity index (χ2v) is 8.28. The van der Waals surface area contributed by atoms with Crippen molar-refractivity contribution in [2.24, 2.45) is 5.92 Å². The van der Waals surface area contributed by atoms with Crippen LogP contribution in [0, 0.1) is 5.92 Å². The highest BCUT2D eigenvalue weighted by Gasteiger charge is 2.17. The van der Waals surface area contributed by atoms with E-state index in [2.05, 4.69) is 41.4 Å². The second-order valence-electron chi connectivity index (χ2n) is 7.44. The number of rotatable bonds is 6. The minimum Gasteiger partial charge on any atom is -0.482 e. The molecule has 3 rings (SSSR count). The summed E-state index contributed by atoms with van der Waals surface area (Å²) in [5.41, 5.74) is 2.31. The molecule has 0 bridgehead atoms. The first-order chi connectivity index (χ1) is 13.4. The number of halogens is 2. The Bertz CT molecular complexity index is 811. The van der Waals surface area contributed by atoms with E-state index in [9.17, 15) is 4.79 Å². The maximum absolute atomic E-state index is 12.2. The molecular formula is C22H26Cl2N2O2. The van der Waals surface area contributed by atoms with Crippen LogP contribution in [0.3, 0.4) is 0 Å². The van der Waals surface area contributed by atoms with Gasteiger partial charge in [0.2, 0.25) is 0 Å². The van der Waals surface area contributed by atoms with E-state index >= 15 is 0 Å². The van der Waals surface area contributed by atoms with Crippen molar-refractivity contribution in [3.63, 3.8) is 0 Å². The summed E-state index contributed by atoms with van der Waals surface area (Å²) in [4.78, 5) is 14.7. The Morgan fingerprint density at radius 1 is 1.25 bits per heavy atom. The molecule has 6 heteroatoms. The molecule has 0 aromatic heterocycles. The number of ether oxygens (including phenoxy) is 1. The van der Waals surface area contributed by atoms with Crippen LogP contribution in [0.5, 0.6) is 5.75 Å². The smallest absolute Gasteiger partial charge is 0.258 e. The van der Waals surface area contributed by atoms with Gasteiger partial charge in [-0.3, -0.25) is 4.79 Å². The Labute approximate surface area is 176 Å². The third kappa shape index (κ3) is 5.55. The van der Waals surface area contributed by atoms with Gasteiger partial charge in [-0.1, -0.05) is 42.3 Å². The van der Waals surface area contributed by atoms with Crippen LogP contribution in [0.4, 0.5) is 5.69 Å². The summed E-state index contributed by atoms with van der Waals surface area (Å²) < 4.78 is 5.49. The summed E-state index contributed by atoms with van der Waals surface area (Å²) in [6, 6.07) is 13.2. The lowest BCUT2D eigenvalue weighted by Crippen LogP contribution is -2.34. The predicted molar refractivity (Wildman–Crippen MR) is 116 cm³/mol. The largest absolute Gasteiger partial charge is 0.482 e. The molecule has 1 aliphatic heterocycles. The Morgan fingerprint density at radius 2 is 2.00 bits per heavy atom. The summed E-state index contributed by atoms with van der Waals surface area (Å²) >= 11 is 11.9. The van der Waals surface area contributed by atoms with Crippen molar-refractivity contribution < 1.29 is 9.53 Å². The molecule has 0 radical (unpaired) electrons. The summed E-state index contributed by atoms with van der Waals surface area (Å²) in [5.74, 6) is 0.974. The van der Waals surface area contributed by atoms with Crippen molar-refractivity contribution in [1.29, 1.82) is 0 Å². The first-order valence-corrected chi connectivity index (χ1v) is 10.4. The number of piperidine rings is 1. The second kappa shape index (κ2) is 9.53. The van der Waals surface area contributed by atoms with Crippen LogP contribution in [0.15, 0.2) is 42.5 Å². The monoisotopic (exact) mass is 420 g/mol. The summed E-state index contributed by atoms with van der Waals surface area (Å²) in [6.07, 6.45) is 2.55. The molecular weight excluding hydrogens is 395 g/mol. The zero-order valence-electron chi connectivity index (χ0n) is 16.3. The highest BCUT2D eigenvalue weighted by molar-refractivity contribution is 6.35. The summed E-state index contributed by atoms with van der Waals surface area (Å²) in [5, 5.41) is 3.87. The molecule has 1 aliphatic rings. The molecule has 0 saturated carbocycles. The van der Waals surface area contributed by atoms with Gasteiger partial charge in [0.25, 0.3) is 5.91 Å². The molecule has 2 aromatic carbocycles. The highest BCUT2D eigenvalue weighted by Crippen LogP contribution is 2.27. The third-order valence-corrected chi connectivity index (χ3v) is 5.58. The molecule has 1 saturated heterocycles. The van der Waals surface area contributed by atoms with Gasteiger partial charge < -0.3 is 15.0 Å². The first-order valence-electron chi connectivity index (χ1n) is 9.64. The third-order valence-electron chi connectivity index (χ3n) is 5.05. The van der Waals surface area contributed by atoms with E-state index in [1.165, 1.54) is 18.5 Å². The Morgan fingerprint density at radius 3 is 2.68 bits per heavy atom. The quantitative estimate of drug-likeness (QED) is 0.671. The number of hydrogen-bond donors (Lipinski definition) is 1. The van der Waals surface area contributed by atoms with Crippen LogP contribution in [0.1, 0.15) is 38.3 Å². The van der Waals surface area contributed by atoms with E-state index in [4.69, 9.17) is 27.9 Å². The van der Waals surface area contributed by atoms with Gasteiger partial charge in [-0.2, -0.15) is 0 Å². The lowest BCUT2D eigenvalue weighted by molar-refractivity contribution is -0.123. The molecule has 2 atom stereocenters. The molecule has 0 aliphatic carbocycles. The maximum Gasteiger partial charge on any atom is 0.258 e. The van der Waals surface area contributed by atoms with Gasteiger partial charge in [0.1, 0.15) is 5.75 Å². The maximum atomic E-state index is 12.2. The van der Waals surface area contributed by atoms with Gasteiger partial charge >= 0.3 is 0 Å². The van der Waals surface area contributed by atoms with Crippen molar-refractivity contribution in [3.8, 4) is 5.75 Å².